The fourth-order valence-corrected chi connectivity index (χ4v) is 5.31. The Morgan fingerprint density at radius 3 is 1.74 bits per heavy atom. The highest BCUT2D eigenvalue weighted by molar-refractivity contribution is 5.72. The number of halogens is 7. The Balaban J connectivity index is 1.34. The van der Waals surface area contributed by atoms with Gasteiger partial charge in [0.1, 0.15) is 34.6 Å². The summed E-state index contributed by atoms with van der Waals surface area (Å²) in [5.41, 5.74) is 0.200. The van der Waals surface area contributed by atoms with Crippen LogP contribution < -0.4 is 9.47 Å². The van der Waals surface area contributed by atoms with Crippen LogP contribution in [-0.2, 0) is 12.5 Å². The molecule has 0 amide bonds. The molecule has 0 radical (unpaired) electrons. The fourth-order valence-electron chi connectivity index (χ4n) is 5.31. The molecule has 0 fully saturated rings. The first-order valence-electron chi connectivity index (χ1n) is 15.2. The van der Waals surface area contributed by atoms with Crippen molar-refractivity contribution in [2.45, 2.75) is 45.6 Å². The van der Waals surface area contributed by atoms with Crippen LogP contribution in [0, 0.1) is 29.1 Å². The van der Waals surface area contributed by atoms with Crippen LogP contribution in [0.2, 0.25) is 0 Å². The van der Waals surface area contributed by atoms with Gasteiger partial charge in [-0.1, -0.05) is 62.2 Å². The van der Waals surface area contributed by atoms with Crippen molar-refractivity contribution in [2.75, 3.05) is 6.61 Å². The highest BCUT2D eigenvalue weighted by atomic mass is 19.3. The van der Waals surface area contributed by atoms with E-state index in [-0.39, 0.29) is 34.6 Å². The summed E-state index contributed by atoms with van der Waals surface area (Å²) >= 11 is 0. The Bertz CT molecular complexity index is 1850. The number of aryl methyl sites for hydroxylation is 1. The Hall–Kier alpha value is -4.79. The third-order valence-corrected chi connectivity index (χ3v) is 7.70. The van der Waals surface area contributed by atoms with Crippen LogP contribution >= 0.6 is 0 Å². The van der Waals surface area contributed by atoms with Crippen LogP contribution in [0.25, 0.3) is 33.4 Å². The summed E-state index contributed by atoms with van der Waals surface area (Å²) in [7, 11) is 0. The molecule has 0 atom stereocenters. The number of hydrogen-bond acceptors (Lipinski definition) is 2. The van der Waals surface area contributed by atoms with Crippen molar-refractivity contribution in [1.29, 1.82) is 0 Å². The molecule has 5 aromatic rings. The van der Waals surface area contributed by atoms with Crippen LogP contribution in [0.5, 0.6) is 11.5 Å². The van der Waals surface area contributed by atoms with E-state index in [1.807, 2.05) is 24.3 Å². The van der Waals surface area contributed by atoms with Gasteiger partial charge in [-0.3, -0.25) is 0 Å². The van der Waals surface area contributed by atoms with Gasteiger partial charge in [-0.25, -0.2) is 22.0 Å². The summed E-state index contributed by atoms with van der Waals surface area (Å²) in [4.78, 5) is 0. The predicted molar refractivity (Wildman–Crippen MR) is 168 cm³/mol. The Labute approximate surface area is 268 Å². The Morgan fingerprint density at radius 2 is 1.13 bits per heavy atom. The van der Waals surface area contributed by atoms with Crippen LogP contribution in [0.4, 0.5) is 30.7 Å². The molecule has 47 heavy (non-hydrogen) atoms. The monoisotopic (exact) mass is 652 g/mol. The van der Waals surface area contributed by atoms with Gasteiger partial charge in [0.25, 0.3) is 0 Å². The Kier molecular flexibility index (Phi) is 10.2. The van der Waals surface area contributed by atoms with E-state index < -0.39 is 46.5 Å². The summed E-state index contributed by atoms with van der Waals surface area (Å²) in [6.45, 7) is 4.01. The molecule has 0 saturated carbocycles. The van der Waals surface area contributed by atoms with E-state index in [0.717, 1.165) is 55.0 Å². The zero-order chi connectivity index (χ0) is 33.7. The van der Waals surface area contributed by atoms with E-state index >= 15 is 22.0 Å². The number of unbranched alkanes of at least 4 members (excludes halogenated alkanes) is 2. The molecule has 2 nitrogen and oxygen atoms in total. The van der Waals surface area contributed by atoms with Crippen LogP contribution in [0.15, 0.2) is 91.0 Å². The molecule has 0 aromatic heterocycles. The van der Waals surface area contributed by atoms with E-state index in [2.05, 4.69) is 11.7 Å². The third-order valence-electron chi connectivity index (χ3n) is 7.70. The first kappa shape index (κ1) is 33.6. The van der Waals surface area contributed by atoms with Gasteiger partial charge >= 0.3 is 6.11 Å². The number of rotatable bonds is 12. The maximum atomic E-state index is 15.2. The fraction of sp³-hybridized carbons (Fsp3) is 0.211. The van der Waals surface area contributed by atoms with Gasteiger partial charge in [-0.15, -0.1) is 0 Å². The molecule has 0 aliphatic carbocycles. The maximum absolute atomic E-state index is 15.2. The lowest BCUT2D eigenvalue weighted by Crippen LogP contribution is -2.25. The second-order valence-electron chi connectivity index (χ2n) is 11.0. The lowest BCUT2D eigenvalue weighted by atomic mass is 9.97. The topological polar surface area (TPSA) is 18.5 Å². The summed E-state index contributed by atoms with van der Waals surface area (Å²) < 4.78 is 114. The van der Waals surface area contributed by atoms with E-state index in [4.69, 9.17) is 4.74 Å². The van der Waals surface area contributed by atoms with Gasteiger partial charge in [-0.05, 0) is 90.0 Å². The number of hydrogen-bond donors (Lipinski definition) is 0. The Morgan fingerprint density at radius 1 is 0.553 bits per heavy atom. The lowest BCUT2D eigenvalue weighted by molar-refractivity contribution is -0.189. The molecule has 5 aromatic carbocycles. The van der Waals surface area contributed by atoms with Gasteiger partial charge in [0.05, 0.1) is 6.61 Å². The third kappa shape index (κ3) is 7.62. The molecule has 0 unspecified atom stereocenters. The van der Waals surface area contributed by atoms with Crippen molar-refractivity contribution in [1.82, 2.24) is 0 Å². The molecular weight excluding hydrogens is 621 g/mol. The quantitative estimate of drug-likeness (QED) is 0.0986. The minimum atomic E-state index is -4.57. The first-order valence-corrected chi connectivity index (χ1v) is 15.2. The van der Waals surface area contributed by atoms with Gasteiger partial charge in [0.2, 0.25) is 0 Å². The molecule has 0 N–H and O–H groups in total. The number of alkyl halides is 2. The zero-order valence-electron chi connectivity index (χ0n) is 25.7. The minimum absolute atomic E-state index is 0.0373. The number of ether oxygens (including phenoxy) is 2. The molecule has 0 bridgehead atoms. The second kappa shape index (κ2) is 14.3. The standard InChI is InChI=1S/C38H31F7O2/c1-3-5-6-7-23-8-10-24(11-9-23)25-12-15-30(31(39)18-25)27-20-34(42)37(35(43)21-27)38(44,45)47-28-14-16-29(32(40)22-28)26-13-17-36(46-4-2)33(41)19-26/h8-22H,3-7H2,1-2H3. The number of benzene rings is 5. The molecular formula is C38H31F7O2. The average molecular weight is 653 g/mol. The summed E-state index contributed by atoms with van der Waals surface area (Å²) in [6, 6.07) is 19.3. The highest BCUT2D eigenvalue weighted by Crippen LogP contribution is 2.39. The van der Waals surface area contributed by atoms with Gasteiger partial charge in [-0.2, -0.15) is 8.78 Å². The van der Waals surface area contributed by atoms with E-state index in [1.54, 1.807) is 13.0 Å². The largest absolute Gasteiger partial charge is 0.491 e. The molecule has 0 aliphatic heterocycles. The zero-order valence-corrected chi connectivity index (χ0v) is 25.7. The first-order chi connectivity index (χ1) is 22.5. The summed E-state index contributed by atoms with van der Waals surface area (Å²) in [5.74, 6) is -6.73. The minimum Gasteiger partial charge on any atom is -0.491 e. The van der Waals surface area contributed by atoms with Crippen molar-refractivity contribution in [3.8, 4) is 44.9 Å². The molecule has 0 heterocycles. The second-order valence-corrected chi connectivity index (χ2v) is 11.0. The molecule has 0 aliphatic rings. The van der Waals surface area contributed by atoms with Gasteiger partial charge < -0.3 is 9.47 Å². The van der Waals surface area contributed by atoms with Gasteiger partial charge in [0, 0.05) is 17.2 Å². The molecule has 9 heteroatoms. The smallest absolute Gasteiger partial charge is 0.432 e. The van der Waals surface area contributed by atoms with Crippen molar-refractivity contribution < 1.29 is 40.2 Å². The van der Waals surface area contributed by atoms with E-state index in [1.165, 1.54) is 24.3 Å². The normalized spacial score (nSPS) is 11.5. The molecule has 5 rings (SSSR count). The SMILES string of the molecule is CCCCCc1ccc(-c2ccc(-c3cc(F)c(C(F)(F)Oc4ccc(-c5ccc(OCC)c(F)c5)c(F)c4)c(F)c3)c(F)c2)cc1. The molecule has 0 saturated heterocycles. The van der Waals surface area contributed by atoms with Crippen molar-refractivity contribution >= 4 is 0 Å². The van der Waals surface area contributed by atoms with E-state index in [9.17, 15) is 8.78 Å². The van der Waals surface area contributed by atoms with Crippen molar-refractivity contribution in [3.05, 3.63) is 131 Å². The lowest BCUT2D eigenvalue weighted by Gasteiger charge is -2.20. The predicted octanol–water partition coefficient (Wildman–Crippen LogP) is 11.6. The van der Waals surface area contributed by atoms with Gasteiger partial charge in [0.15, 0.2) is 11.6 Å². The average Bonchev–Trinajstić information content (AvgIpc) is 3.02. The maximum Gasteiger partial charge on any atom is 0.432 e. The summed E-state index contributed by atoms with van der Waals surface area (Å²) in [6.07, 6.45) is -0.315. The highest BCUT2D eigenvalue weighted by Gasteiger charge is 2.41. The van der Waals surface area contributed by atoms with Crippen LogP contribution in [0.1, 0.15) is 44.2 Å². The van der Waals surface area contributed by atoms with E-state index in [0.29, 0.717) is 23.8 Å². The van der Waals surface area contributed by atoms with Crippen molar-refractivity contribution in [3.63, 3.8) is 0 Å². The summed E-state index contributed by atoms with van der Waals surface area (Å²) in [5, 5.41) is 0. The van der Waals surface area contributed by atoms with Crippen LogP contribution in [-0.4, -0.2) is 6.61 Å². The van der Waals surface area contributed by atoms with Crippen LogP contribution in [0.3, 0.4) is 0 Å². The van der Waals surface area contributed by atoms with Crippen molar-refractivity contribution in [2.24, 2.45) is 0 Å². The molecule has 0 spiro atoms. The molecule has 244 valence electrons.